The number of aromatic nitrogens is 2. The van der Waals surface area contributed by atoms with E-state index in [2.05, 4.69) is 20.8 Å². The molecule has 1 amide bonds. The lowest BCUT2D eigenvalue weighted by molar-refractivity contribution is -0.384. The van der Waals surface area contributed by atoms with Crippen LogP contribution in [0.1, 0.15) is 5.56 Å². The molecular formula is C18H17N5O4S2. The number of anilines is 3. The summed E-state index contributed by atoms with van der Waals surface area (Å²) < 4.78 is 5.91. The van der Waals surface area contributed by atoms with Crippen LogP contribution in [0.2, 0.25) is 0 Å². The van der Waals surface area contributed by atoms with Gasteiger partial charge >= 0.3 is 0 Å². The molecule has 0 unspecified atom stereocenters. The fourth-order valence-corrected chi connectivity index (χ4v) is 3.92. The van der Waals surface area contributed by atoms with Crippen LogP contribution < -0.4 is 15.4 Å². The largest absolute Gasteiger partial charge is 0.495 e. The van der Waals surface area contributed by atoms with Crippen molar-refractivity contribution in [1.29, 1.82) is 0 Å². The van der Waals surface area contributed by atoms with Crippen LogP contribution in [-0.4, -0.2) is 33.9 Å². The van der Waals surface area contributed by atoms with Crippen molar-refractivity contribution < 1.29 is 14.5 Å². The first kappa shape index (κ1) is 20.6. The van der Waals surface area contributed by atoms with Crippen LogP contribution in [0.3, 0.4) is 0 Å². The van der Waals surface area contributed by atoms with Gasteiger partial charge in [-0.15, -0.1) is 10.2 Å². The number of para-hydroxylation sites is 2. The van der Waals surface area contributed by atoms with Gasteiger partial charge in [0.2, 0.25) is 11.0 Å². The van der Waals surface area contributed by atoms with E-state index in [4.69, 9.17) is 4.74 Å². The Morgan fingerprint density at radius 3 is 2.79 bits per heavy atom. The minimum Gasteiger partial charge on any atom is -0.495 e. The van der Waals surface area contributed by atoms with Crippen molar-refractivity contribution >= 4 is 51.2 Å². The van der Waals surface area contributed by atoms with Gasteiger partial charge in [-0.25, -0.2) is 0 Å². The summed E-state index contributed by atoms with van der Waals surface area (Å²) in [5.41, 5.74) is 1.85. The summed E-state index contributed by atoms with van der Waals surface area (Å²) in [6, 6.07) is 11.8. The number of carbonyl (C=O) groups excluding carboxylic acids is 1. The number of thioether (sulfide) groups is 1. The van der Waals surface area contributed by atoms with Gasteiger partial charge in [0.05, 0.1) is 29.2 Å². The van der Waals surface area contributed by atoms with E-state index >= 15 is 0 Å². The van der Waals surface area contributed by atoms with Gasteiger partial charge in [-0.1, -0.05) is 41.3 Å². The molecule has 1 aromatic heterocycles. The minimum atomic E-state index is -0.499. The fourth-order valence-electron chi connectivity index (χ4n) is 2.35. The third-order valence-corrected chi connectivity index (χ3v) is 5.76. The number of nitro benzene ring substituents is 1. The molecule has 0 saturated carbocycles. The van der Waals surface area contributed by atoms with Crippen molar-refractivity contribution in [2.45, 2.75) is 11.3 Å². The molecule has 0 aliphatic heterocycles. The summed E-state index contributed by atoms with van der Waals surface area (Å²) >= 11 is 2.54. The molecule has 29 heavy (non-hydrogen) atoms. The van der Waals surface area contributed by atoms with Crippen LogP contribution in [0.25, 0.3) is 0 Å². The predicted molar refractivity (Wildman–Crippen MR) is 113 cm³/mol. The maximum atomic E-state index is 12.2. The molecule has 150 valence electrons. The van der Waals surface area contributed by atoms with Crippen molar-refractivity contribution in [3.8, 4) is 5.75 Å². The van der Waals surface area contributed by atoms with E-state index in [0.717, 1.165) is 11.3 Å². The van der Waals surface area contributed by atoms with Crippen molar-refractivity contribution in [2.24, 2.45) is 0 Å². The Morgan fingerprint density at radius 2 is 2.03 bits per heavy atom. The van der Waals surface area contributed by atoms with Crippen LogP contribution >= 0.6 is 23.1 Å². The Bertz CT molecular complexity index is 1040. The standard InChI is InChI=1S/C18H17N5O4S2/c1-11-7-8-12(23(25)26)9-14(11)19-16(24)10-28-18-22-21-17(29-18)20-13-5-3-4-6-15(13)27-2/h3-9H,10H2,1-2H3,(H,19,24)(H,20,21). The minimum absolute atomic E-state index is 0.0743. The van der Waals surface area contributed by atoms with Crippen molar-refractivity contribution in [3.05, 3.63) is 58.1 Å². The molecule has 0 fully saturated rings. The summed E-state index contributed by atoms with van der Waals surface area (Å²) in [5, 5.41) is 25.4. The number of nitrogens with zero attached hydrogens (tertiary/aromatic N) is 3. The van der Waals surface area contributed by atoms with Gasteiger partial charge < -0.3 is 15.4 Å². The van der Waals surface area contributed by atoms with E-state index in [0.29, 0.717) is 20.9 Å². The number of non-ortho nitro benzene ring substituents is 1. The van der Waals surface area contributed by atoms with Crippen LogP contribution in [-0.2, 0) is 4.79 Å². The Kier molecular flexibility index (Phi) is 6.62. The van der Waals surface area contributed by atoms with E-state index in [9.17, 15) is 14.9 Å². The summed E-state index contributed by atoms with van der Waals surface area (Å²) in [4.78, 5) is 22.6. The monoisotopic (exact) mass is 431 g/mol. The van der Waals surface area contributed by atoms with Crippen molar-refractivity contribution in [3.63, 3.8) is 0 Å². The van der Waals surface area contributed by atoms with Gasteiger partial charge in [0.1, 0.15) is 5.75 Å². The highest BCUT2D eigenvalue weighted by atomic mass is 32.2. The second-order valence-corrected chi connectivity index (χ2v) is 7.99. The van der Waals surface area contributed by atoms with Gasteiger partial charge in [-0.2, -0.15) is 0 Å². The zero-order valence-electron chi connectivity index (χ0n) is 15.5. The maximum absolute atomic E-state index is 12.2. The first-order chi connectivity index (χ1) is 14.0. The van der Waals surface area contributed by atoms with E-state index in [-0.39, 0.29) is 17.3 Å². The van der Waals surface area contributed by atoms with E-state index in [1.807, 2.05) is 24.3 Å². The second kappa shape index (κ2) is 9.34. The molecule has 3 rings (SSSR count). The fraction of sp³-hybridized carbons (Fsp3) is 0.167. The van der Waals surface area contributed by atoms with Crippen LogP contribution in [0.4, 0.5) is 22.2 Å². The molecule has 0 radical (unpaired) electrons. The summed E-state index contributed by atoms with van der Waals surface area (Å²) in [6.07, 6.45) is 0. The zero-order chi connectivity index (χ0) is 20.8. The normalized spacial score (nSPS) is 10.4. The quantitative estimate of drug-likeness (QED) is 0.309. The lowest BCUT2D eigenvalue weighted by Crippen LogP contribution is -2.15. The SMILES string of the molecule is COc1ccccc1Nc1nnc(SCC(=O)Nc2cc([N+](=O)[O-])ccc2C)s1. The molecule has 0 bridgehead atoms. The number of amides is 1. The summed E-state index contributed by atoms with van der Waals surface area (Å²) in [5.74, 6) is 0.502. The van der Waals surface area contributed by atoms with Gasteiger partial charge in [0, 0.05) is 12.1 Å². The highest BCUT2D eigenvalue weighted by Crippen LogP contribution is 2.31. The number of nitro groups is 1. The summed E-state index contributed by atoms with van der Waals surface area (Å²) in [6.45, 7) is 1.77. The van der Waals surface area contributed by atoms with E-state index in [1.54, 1.807) is 20.1 Å². The number of aryl methyl sites for hydroxylation is 1. The first-order valence-corrected chi connectivity index (χ1v) is 10.2. The number of nitrogens with one attached hydrogen (secondary N) is 2. The molecule has 0 spiro atoms. The molecule has 3 aromatic rings. The Morgan fingerprint density at radius 1 is 1.24 bits per heavy atom. The van der Waals surface area contributed by atoms with Crippen LogP contribution in [0.15, 0.2) is 46.8 Å². The highest BCUT2D eigenvalue weighted by molar-refractivity contribution is 8.01. The average Bonchev–Trinajstić information content (AvgIpc) is 3.15. The van der Waals surface area contributed by atoms with Gasteiger partial charge in [0.25, 0.3) is 5.69 Å². The topological polar surface area (TPSA) is 119 Å². The number of rotatable bonds is 8. The Labute approximate surface area is 174 Å². The lowest BCUT2D eigenvalue weighted by atomic mass is 10.2. The molecule has 9 nitrogen and oxygen atoms in total. The zero-order valence-corrected chi connectivity index (χ0v) is 17.2. The van der Waals surface area contributed by atoms with Crippen molar-refractivity contribution in [2.75, 3.05) is 23.5 Å². The Hall–Kier alpha value is -3.18. The third kappa shape index (κ3) is 5.42. The number of hydrogen-bond acceptors (Lipinski definition) is 9. The number of methoxy groups -OCH3 is 1. The van der Waals surface area contributed by atoms with E-state index in [1.165, 1.54) is 35.2 Å². The molecule has 0 aliphatic carbocycles. The van der Waals surface area contributed by atoms with Crippen LogP contribution in [0.5, 0.6) is 5.75 Å². The van der Waals surface area contributed by atoms with E-state index < -0.39 is 4.92 Å². The maximum Gasteiger partial charge on any atom is 0.271 e. The average molecular weight is 431 g/mol. The number of hydrogen-bond donors (Lipinski definition) is 2. The smallest absolute Gasteiger partial charge is 0.271 e. The predicted octanol–water partition coefficient (Wildman–Crippen LogP) is 4.24. The second-order valence-electron chi connectivity index (χ2n) is 5.79. The number of benzene rings is 2. The third-order valence-electron chi connectivity index (χ3n) is 3.79. The lowest BCUT2D eigenvalue weighted by Gasteiger charge is -2.07. The molecule has 2 aromatic carbocycles. The number of ether oxygens (including phenoxy) is 1. The molecule has 11 heteroatoms. The van der Waals surface area contributed by atoms with Gasteiger partial charge in [-0.3, -0.25) is 14.9 Å². The molecule has 0 aliphatic rings. The molecular weight excluding hydrogens is 414 g/mol. The van der Waals surface area contributed by atoms with Gasteiger partial charge in [-0.05, 0) is 24.6 Å². The number of carbonyl (C=O) groups is 1. The molecule has 0 saturated heterocycles. The highest BCUT2D eigenvalue weighted by Gasteiger charge is 2.13. The molecule has 0 atom stereocenters. The van der Waals surface area contributed by atoms with Crippen molar-refractivity contribution in [1.82, 2.24) is 10.2 Å². The first-order valence-electron chi connectivity index (χ1n) is 8.37. The Balaban J connectivity index is 1.58. The molecule has 2 N–H and O–H groups in total. The molecule has 1 heterocycles. The van der Waals surface area contributed by atoms with Gasteiger partial charge in [0.15, 0.2) is 4.34 Å². The van der Waals surface area contributed by atoms with Crippen LogP contribution in [0, 0.1) is 17.0 Å². The summed E-state index contributed by atoms with van der Waals surface area (Å²) in [7, 11) is 1.59.